The molecule has 1 aromatic heterocycles. The molecule has 86 valence electrons. The van der Waals surface area contributed by atoms with Crippen LogP contribution in [0.1, 0.15) is 13.3 Å². The molecule has 0 aliphatic rings. The summed E-state index contributed by atoms with van der Waals surface area (Å²) in [7, 11) is 0. The third-order valence-corrected chi connectivity index (χ3v) is 1.88. The number of hydrogen-bond acceptors (Lipinski definition) is 5. The van der Waals surface area contributed by atoms with Crippen molar-refractivity contribution in [2.75, 3.05) is 0 Å². The molecule has 1 aromatic rings. The molecule has 0 fully saturated rings. The lowest BCUT2D eigenvalue weighted by Crippen LogP contribution is -2.33. The second-order valence-corrected chi connectivity index (χ2v) is 3.00. The van der Waals surface area contributed by atoms with Gasteiger partial charge in [0.05, 0.1) is 0 Å². The van der Waals surface area contributed by atoms with E-state index in [4.69, 9.17) is 10.5 Å². The summed E-state index contributed by atoms with van der Waals surface area (Å²) in [5, 5.41) is 10.6. The van der Waals surface area contributed by atoms with Crippen LogP contribution in [0.2, 0.25) is 0 Å². The minimum Gasteiger partial charge on any atom is -0.472 e. The van der Waals surface area contributed by atoms with Gasteiger partial charge in [0.15, 0.2) is 6.10 Å². The van der Waals surface area contributed by atoms with Crippen molar-refractivity contribution in [1.82, 2.24) is 4.98 Å². The number of aromatic nitrogens is 1. The van der Waals surface area contributed by atoms with E-state index in [-0.39, 0.29) is 5.75 Å². The van der Waals surface area contributed by atoms with Crippen LogP contribution < -0.4 is 10.5 Å². The number of nitrogens with two attached hydrogens (primary N) is 1. The maximum atomic E-state index is 10.9. The van der Waals surface area contributed by atoms with E-state index in [1.54, 1.807) is 6.92 Å². The summed E-state index contributed by atoms with van der Waals surface area (Å²) in [6.07, 6.45) is 0.723. The van der Waals surface area contributed by atoms with Crippen molar-refractivity contribution < 1.29 is 14.5 Å². The Labute approximate surface area is 91.4 Å². The monoisotopic (exact) mass is 225 g/mol. The van der Waals surface area contributed by atoms with Crippen LogP contribution >= 0.6 is 0 Å². The summed E-state index contributed by atoms with van der Waals surface area (Å²) in [6, 6.07) is 2.85. The third kappa shape index (κ3) is 2.66. The number of pyridine rings is 1. The number of hydrogen-bond donors (Lipinski definition) is 1. The fourth-order valence-corrected chi connectivity index (χ4v) is 1.11. The molecular formula is C9H11N3O4. The lowest BCUT2D eigenvalue weighted by atomic mass is 10.2. The lowest BCUT2D eigenvalue weighted by Gasteiger charge is -2.13. The molecule has 1 atom stereocenters. The normalized spacial score (nSPS) is 11.8. The molecule has 0 aromatic carbocycles. The number of amides is 1. The first-order valence-electron chi connectivity index (χ1n) is 4.61. The Morgan fingerprint density at radius 3 is 2.94 bits per heavy atom. The molecular weight excluding hydrogens is 214 g/mol. The van der Waals surface area contributed by atoms with Crippen LogP contribution in [0.5, 0.6) is 5.75 Å². The van der Waals surface area contributed by atoms with Crippen molar-refractivity contribution in [2.24, 2.45) is 5.73 Å². The van der Waals surface area contributed by atoms with E-state index < -0.39 is 22.8 Å². The first-order valence-corrected chi connectivity index (χ1v) is 4.61. The fraction of sp³-hybridized carbons (Fsp3) is 0.333. The van der Waals surface area contributed by atoms with Crippen molar-refractivity contribution >= 4 is 11.7 Å². The summed E-state index contributed by atoms with van der Waals surface area (Å²) < 4.78 is 5.14. The molecule has 1 heterocycles. The molecule has 7 heteroatoms. The highest BCUT2D eigenvalue weighted by Crippen LogP contribution is 2.24. The number of nitro groups is 1. The summed E-state index contributed by atoms with van der Waals surface area (Å²) in [5.74, 6) is -1.15. The van der Waals surface area contributed by atoms with Gasteiger partial charge in [-0.05, 0) is 28.5 Å². The van der Waals surface area contributed by atoms with Gasteiger partial charge in [-0.2, -0.15) is 0 Å². The van der Waals surface area contributed by atoms with Crippen LogP contribution in [0.25, 0.3) is 0 Å². The van der Waals surface area contributed by atoms with Crippen molar-refractivity contribution in [3.8, 4) is 5.75 Å². The minimum atomic E-state index is -0.886. The molecule has 0 spiro atoms. The summed E-state index contributed by atoms with van der Waals surface area (Å²) in [6.45, 7) is 1.69. The topological polar surface area (TPSA) is 108 Å². The highest BCUT2D eigenvalue weighted by molar-refractivity contribution is 5.79. The number of carbonyl (C=O) groups is 1. The predicted octanol–water partition coefficient (Wildman–Crippen LogP) is 0.632. The quantitative estimate of drug-likeness (QED) is 0.584. The summed E-state index contributed by atoms with van der Waals surface area (Å²) >= 11 is 0. The zero-order valence-corrected chi connectivity index (χ0v) is 8.62. The SMILES string of the molecule is CCC(Oc1cccnc1[N+](=O)[O-])C(N)=O. The second kappa shape index (κ2) is 5.06. The Bertz CT molecular complexity index is 407. The zero-order valence-electron chi connectivity index (χ0n) is 8.62. The van der Waals surface area contributed by atoms with Crippen LogP contribution in [-0.4, -0.2) is 21.9 Å². The van der Waals surface area contributed by atoms with Crippen molar-refractivity contribution in [3.63, 3.8) is 0 Å². The number of primary amides is 1. The Hall–Kier alpha value is -2.18. The van der Waals surface area contributed by atoms with Gasteiger partial charge in [0.1, 0.15) is 6.20 Å². The lowest BCUT2D eigenvalue weighted by molar-refractivity contribution is -0.390. The highest BCUT2D eigenvalue weighted by atomic mass is 16.6. The van der Waals surface area contributed by atoms with Crippen LogP contribution in [0.4, 0.5) is 5.82 Å². The van der Waals surface area contributed by atoms with Gasteiger partial charge < -0.3 is 20.6 Å². The Kier molecular flexibility index (Phi) is 3.76. The largest absolute Gasteiger partial charge is 0.472 e. The van der Waals surface area contributed by atoms with Gasteiger partial charge in [0, 0.05) is 0 Å². The number of carbonyl (C=O) groups excluding carboxylic acids is 1. The molecule has 0 saturated heterocycles. The highest BCUT2D eigenvalue weighted by Gasteiger charge is 2.21. The molecule has 0 radical (unpaired) electrons. The smallest absolute Gasteiger partial charge is 0.406 e. The standard InChI is InChI=1S/C9H11N3O4/c1-2-6(8(10)13)16-7-4-3-5-11-9(7)12(14)15/h3-6H,2H2,1H3,(H2,10,13). The van der Waals surface area contributed by atoms with Gasteiger partial charge in [-0.3, -0.25) is 4.79 Å². The summed E-state index contributed by atoms with van der Waals surface area (Å²) in [4.78, 5) is 24.4. The number of rotatable bonds is 5. The van der Waals surface area contributed by atoms with Crippen LogP contribution in [0.3, 0.4) is 0 Å². The molecule has 16 heavy (non-hydrogen) atoms. The Morgan fingerprint density at radius 2 is 2.44 bits per heavy atom. The van der Waals surface area contributed by atoms with E-state index in [2.05, 4.69) is 4.98 Å². The average Bonchev–Trinajstić information content (AvgIpc) is 2.25. The van der Waals surface area contributed by atoms with Gasteiger partial charge in [0.25, 0.3) is 5.91 Å². The Morgan fingerprint density at radius 1 is 1.75 bits per heavy atom. The van der Waals surface area contributed by atoms with Gasteiger partial charge >= 0.3 is 5.82 Å². The molecule has 0 aliphatic carbocycles. The number of ether oxygens (including phenoxy) is 1. The van der Waals surface area contributed by atoms with E-state index in [0.717, 1.165) is 0 Å². The van der Waals surface area contributed by atoms with E-state index in [1.807, 2.05) is 0 Å². The fourth-order valence-electron chi connectivity index (χ4n) is 1.11. The molecule has 1 rings (SSSR count). The van der Waals surface area contributed by atoms with E-state index >= 15 is 0 Å². The first-order chi connectivity index (χ1) is 7.56. The van der Waals surface area contributed by atoms with Crippen molar-refractivity contribution in [3.05, 3.63) is 28.4 Å². The third-order valence-electron chi connectivity index (χ3n) is 1.88. The van der Waals surface area contributed by atoms with Crippen LogP contribution in [0, 0.1) is 10.1 Å². The zero-order chi connectivity index (χ0) is 12.1. The molecule has 0 aliphatic heterocycles. The molecule has 1 amide bonds. The average molecular weight is 225 g/mol. The van der Waals surface area contributed by atoms with Gasteiger partial charge in [-0.15, -0.1) is 0 Å². The maximum Gasteiger partial charge on any atom is 0.406 e. The van der Waals surface area contributed by atoms with E-state index in [1.165, 1.54) is 18.3 Å². The van der Waals surface area contributed by atoms with Crippen molar-refractivity contribution in [1.29, 1.82) is 0 Å². The molecule has 1 unspecified atom stereocenters. The van der Waals surface area contributed by atoms with Gasteiger partial charge in [-0.1, -0.05) is 6.92 Å². The minimum absolute atomic E-state index is 0.0573. The van der Waals surface area contributed by atoms with E-state index in [9.17, 15) is 14.9 Å². The number of nitrogens with zero attached hydrogens (tertiary/aromatic N) is 2. The molecule has 2 N–H and O–H groups in total. The predicted molar refractivity (Wildman–Crippen MR) is 54.8 cm³/mol. The maximum absolute atomic E-state index is 10.9. The van der Waals surface area contributed by atoms with E-state index in [0.29, 0.717) is 6.42 Å². The Balaban J connectivity index is 2.95. The summed E-state index contributed by atoms with van der Waals surface area (Å²) in [5.41, 5.74) is 5.07. The molecule has 0 saturated carbocycles. The first kappa shape index (κ1) is 11.9. The molecule has 7 nitrogen and oxygen atoms in total. The van der Waals surface area contributed by atoms with Gasteiger partial charge in [-0.25, -0.2) is 0 Å². The second-order valence-electron chi connectivity index (χ2n) is 3.00. The van der Waals surface area contributed by atoms with Crippen molar-refractivity contribution in [2.45, 2.75) is 19.4 Å². The van der Waals surface area contributed by atoms with Gasteiger partial charge in [0.2, 0.25) is 5.75 Å². The van der Waals surface area contributed by atoms with Crippen LogP contribution in [-0.2, 0) is 4.79 Å². The molecule has 0 bridgehead atoms. The van der Waals surface area contributed by atoms with Crippen LogP contribution in [0.15, 0.2) is 18.3 Å².